The smallest absolute Gasteiger partial charge is 0.235 e. The van der Waals surface area contributed by atoms with Crippen molar-refractivity contribution in [2.75, 3.05) is 6.54 Å². The van der Waals surface area contributed by atoms with E-state index in [1.54, 1.807) is 12.5 Å². The van der Waals surface area contributed by atoms with Crippen molar-refractivity contribution in [2.45, 2.75) is 58.5 Å². The predicted molar refractivity (Wildman–Crippen MR) is 96.7 cm³/mol. The van der Waals surface area contributed by atoms with Gasteiger partial charge >= 0.3 is 0 Å². The number of hydrogen-bond acceptors (Lipinski definition) is 4. The maximum atomic E-state index is 12.0. The summed E-state index contributed by atoms with van der Waals surface area (Å²) in [6, 6.07) is 0.154. The number of nitrogens with zero attached hydrogens (tertiary/aromatic N) is 2. The largest absolute Gasteiger partial charge is 0.369 e. The molecule has 1 aliphatic rings. The minimum Gasteiger partial charge on any atom is -0.369 e. The minimum atomic E-state index is -1.21. The molecule has 0 radical (unpaired) electrons. The highest BCUT2D eigenvalue weighted by molar-refractivity contribution is 6.03. The molecule has 1 saturated carbocycles. The van der Waals surface area contributed by atoms with Crippen LogP contribution < -0.4 is 16.4 Å². The Morgan fingerprint density at radius 1 is 1.31 bits per heavy atom. The van der Waals surface area contributed by atoms with Crippen molar-refractivity contribution in [2.24, 2.45) is 17.1 Å². The molecule has 0 saturated heterocycles. The van der Waals surface area contributed by atoms with Crippen LogP contribution in [0.1, 0.15) is 46.0 Å². The summed E-state index contributed by atoms with van der Waals surface area (Å²) in [4.78, 5) is 39.4. The van der Waals surface area contributed by atoms with Crippen molar-refractivity contribution in [1.29, 1.82) is 0 Å². The molecule has 1 aliphatic carbocycles. The molecule has 1 heterocycles. The Kier molecular flexibility index (Phi) is 6.76. The van der Waals surface area contributed by atoms with Gasteiger partial charge < -0.3 is 20.9 Å². The first-order valence-corrected chi connectivity index (χ1v) is 9.12. The van der Waals surface area contributed by atoms with Crippen LogP contribution in [-0.2, 0) is 20.9 Å². The normalized spacial score (nSPS) is 19.9. The molecular weight excluding hydrogens is 334 g/mol. The number of imidazole rings is 1. The SMILES string of the molecule is CC(C)(C(N)=O)C(=O)NC[C@H]1CC[C@@H](NC(=O)CCCn2ccnc2)C1. The van der Waals surface area contributed by atoms with E-state index in [0.29, 0.717) is 18.9 Å². The van der Waals surface area contributed by atoms with E-state index in [9.17, 15) is 14.4 Å². The second-order valence-electron chi connectivity index (χ2n) is 7.55. The van der Waals surface area contributed by atoms with E-state index in [-0.39, 0.29) is 17.9 Å². The van der Waals surface area contributed by atoms with Crippen LogP contribution in [0.4, 0.5) is 0 Å². The van der Waals surface area contributed by atoms with E-state index in [1.807, 2.05) is 10.8 Å². The highest BCUT2D eigenvalue weighted by Gasteiger charge is 2.34. The van der Waals surface area contributed by atoms with Gasteiger partial charge in [-0.3, -0.25) is 14.4 Å². The van der Waals surface area contributed by atoms with Gasteiger partial charge in [0, 0.05) is 37.9 Å². The van der Waals surface area contributed by atoms with Gasteiger partial charge in [0.15, 0.2) is 0 Å². The second kappa shape index (κ2) is 8.82. The lowest BCUT2D eigenvalue weighted by Crippen LogP contribution is -2.46. The molecule has 4 N–H and O–H groups in total. The van der Waals surface area contributed by atoms with Crippen LogP contribution in [0, 0.1) is 11.3 Å². The van der Waals surface area contributed by atoms with Crippen LogP contribution in [0.2, 0.25) is 0 Å². The maximum absolute atomic E-state index is 12.0. The Morgan fingerprint density at radius 3 is 2.73 bits per heavy atom. The topological polar surface area (TPSA) is 119 Å². The Bertz CT molecular complexity index is 627. The van der Waals surface area contributed by atoms with Crippen LogP contribution in [0.25, 0.3) is 0 Å². The molecule has 26 heavy (non-hydrogen) atoms. The summed E-state index contributed by atoms with van der Waals surface area (Å²) >= 11 is 0. The van der Waals surface area contributed by atoms with Gasteiger partial charge in [-0.05, 0) is 45.4 Å². The summed E-state index contributed by atoms with van der Waals surface area (Å²) < 4.78 is 1.95. The number of carbonyl (C=O) groups is 3. The van der Waals surface area contributed by atoms with Gasteiger partial charge in [0.25, 0.3) is 0 Å². The lowest BCUT2D eigenvalue weighted by molar-refractivity contribution is -0.139. The molecule has 1 aromatic heterocycles. The molecule has 0 unspecified atom stereocenters. The van der Waals surface area contributed by atoms with Crippen molar-refractivity contribution in [3.63, 3.8) is 0 Å². The van der Waals surface area contributed by atoms with E-state index >= 15 is 0 Å². The molecule has 2 atom stereocenters. The van der Waals surface area contributed by atoms with E-state index in [0.717, 1.165) is 32.2 Å². The van der Waals surface area contributed by atoms with Gasteiger partial charge in [0.05, 0.1) is 6.33 Å². The molecule has 8 heteroatoms. The van der Waals surface area contributed by atoms with Gasteiger partial charge in [0.2, 0.25) is 17.7 Å². The van der Waals surface area contributed by atoms with E-state index < -0.39 is 11.3 Å². The van der Waals surface area contributed by atoms with Gasteiger partial charge in [-0.2, -0.15) is 0 Å². The Morgan fingerprint density at radius 2 is 2.08 bits per heavy atom. The molecule has 3 amide bonds. The molecule has 0 aromatic carbocycles. The average Bonchev–Trinajstić information content (AvgIpc) is 3.24. The maximum Gasteiger partial charge on any atom is 0.235 e. The van der Waals surface area contributed by atoms with Gasteiger partial charge in [-0.25, -0.2) is 4.98 Å². The third-order valence-electron chi connectivity index (χ3n) is 5.02. The Labute approximate surface area is 153 Å². The molecule has 1 aromatic rings. The van der Waals surface area contributed by atoms with Crippen LogP contribution in [-0.4, -0.2) is 39.9 Å². The first-order chi connectivity index (χ1) is 12.3. The molecule has 8 nitrogen and oxygen atoms in total. The van der Waals surface area contributed by atoms with Crippen LogP contribution >= 0.6 is 0 Å². The molecular formula is C18H29N5O3. The fraction of sp³-hybridized carbons (Fsp3) is 0.667. The molecule has 2 rings (SSSR count). The summed E-state index contributed by atoms with van der Waals surface area (Å²) in [5.74, 6) is -0.618. The fourth-order valence-electron chi connectivity index (χ4n) is 3.10. The highest BCUT2D eigenvalue weighted by Crippen LogP contribution is 2.25. The Hall–Kier alpha value is -2.38. The summed E-state index contributed by atoms with van der Waals surface area (Å²) in [6.45, 7) is 4.32. The number of hydrogen-bond donors (Lipinski definition) is 3. The van der Waals surface area contributed by atoms with Crippen molar-refractivity contribution < 1.29 is 14.4 Å². The highest BCUT2D eigenvalue weighted by atomic mass is 16.2. The van der Waals surface area contributed by atoms with Crippen molar-refractivity contribution in [1.82, 2.24) is 20.2 Å². The fourth-order valence-corrected chi connectivity index (χ4v) is 3.10. The number of rotatable bonds is 9. The standard InChI is InChI=1S/C18H29N5O3/c1-18(2,16(19)25)17(26)21-11-13-5-6-14(10-13)22-15(24)4-3-8-23-9-7-20-12-23/h7,9,12-14H,3-6,8,10-11H2,1-2H3,(H2,19,25)(H,21,26)(H,22,24)/t13-,14+/m0/s1. The third-order valence-corrected chi connectivity index (χ3v) is 5.02. The average molecular weight is 363 g/mol. The lowest BCUT2D eigenvalue weighted by Gasteiger charge is -2.21. The quantitative estimate of drug-likeness (QED) is 0.556. The zero-order chi connectivity index (χ0) is 19.2. The number of aromatic nitrogens is 2. The van der Waals surface area contributed by atoms with Crippen LogP contribution in [0.15, 0.2) is 18.7 Å². The van der Waals surface area contributed by atoms with E-state index in [1.165, 1.54) is 13.8 Å². The minimum absolute atomic E-state index is 0.0645. The van der Waals surface area contributed by atoms with Gasteiger partial charge in [0.1, 0.15) is 5.41 Å². The molecule has 0 spiro atoms. The number of primary amides is 1. The Balaban J connectivity index is 1.64. The number of nitrogens with one attached hydrogen (secondary N) is 2. The number of nitrogens with two attached hydrogens (primary N) is 1. The summed E-state index contributed by atoms with van der Waals surface area (Å²) in [5.41, 5.74) is 4.04. The van der Waals surface area contributed by atoms with Crippen LogP contribution in [0.3, 0.4) is 0 Å². The number of aryl methyl sites for hydroxylation is 1. The van der Waals surface area contributed by atoms with E-state index in [2.05, 4.69) is 15.6 Å². The first-order valence-electron chi connectivity index (χ1n) is 9.12. The van der Waals surface area contributed by atoms with E-state index in [4.69, 9.17) is 5.73 Å². The molecule has 1 fully saturated rings. The zero-order valence-electron chi connectivity index (χ0n) is 15.5. The summed E-state index contributed by atoms with van der Waals surface area (Å²) in [7, 11) is 0. The van der Waals surface area contributed by atoms with Crippen molar-refractivity contribution in [3.05, 3.63) is 18.7 Å². The number of amides is 3. The van der Waals surface area contributed by atoms with Gasteiger partial charge in [-0.1, -0.05) is 0 Å². The monoisotopic (exact) mass is 363 g/mol. The zero-order valence-corrected chi connectivity index (χ0v) is 15.5. The van der Waals surface area contributed by atoms with Crippen LogP contribution in [0.5, 0.6) is 0 Å². The van der Waals surface area contributed by atoms with Crippen molar-refractivity contribution >= 4 is 17.7 Å². The second-order valence-corrected chi connectivity index (χ2v) is 7.55. The first kappa shape index (κ1) is 19.9. The number of carbonyl (C=O) groups excluding carboxylic acids is 3. The lowest BCUT2D eigenvalue weighted by atomic mass is 9.91. The summed E-state index contributed by atoms with van der Waals surface area (Å²) in [6.07, 6.45) is 9.30. The predicted octanol–water partition coefficient (Wildman–Crippen LogP) is 0.576. The summed E-state index contributed by atoms with van der Waals surface area (Å²) in [5, 5.41) is 5.88. The van der Waals surface area contributed by atoms with Gasteiger partial charge in [-0.15, -0.1) is 0 Å². The molecule has 0 bridgehead atoms. The molecule has 144 valence electrons. The van der Waals surface area contributed by atoms with Crippen molar-refractivity contribution in [3.8, 4) is 0 Å². The molecule has 0 aliphatic heterocycles. The third kappa shape index (κ3) is 5.57.